The first-order chi connectivity index (χ1) is 25.7. The van der Waals surface area contributed by atoms with E-state index in [0.29, 0.717) is 37.2 Å². The summed E-state index contributed by atoms with van der Waals surface area (Å²) in [5, 5.41) is 38.7. The number of hydrogen-bond donors (Lipinski definition) is 4. The van der Waals surface area contributed by atoms with Gasteiger partial charge in [-0.1, -0.05) is 50.8 Å². The van der Waals surface area contributed by atoms with Crippen LogP contribution in [0.25, 0.3) is 0 Å². The van der Waals surface area contributed by atoms with Gasteiger partial charge in [0.15, 0.2) is 17.3 Å². The third-order valence-electron chi connectivity index (χ3n) is 13.2. The highest BCUT2D eigenvalue weighted by molar-refractivity contribution is 6.06. The van der Waals surface area contributed by atoms with Crippen LogP contribution in [0.1, 0.15) is 65.8 Å². The summed E-state index contributed by atoms with van der Waals surface area (Å²) >= 11 is 0. The number of halogens is 1. The van der Waals surface area contributed by atoms with Crippen LogP contribution in [0.5, 0.6) is 11.5 Å². The van der Waals surface area contributed by atoms with Crippen molar-refractivity contribution in [3.05, 3.63) is 101 Å². The molecule has 3 aromatic carbocycles. The van der Waals surface area contributed by atoms with E-state index in [1.165, 1.54) is 25.3 Å². The molecule has 54 heavy (non-hydrogen) atoms. The molecule has 4 bridgehead atoms. The van der Waals surface area contributed by atoms with Crippen LogP contribution in [0.2, 0.25) is 0 Å². The van der Waals surface area contributed by atoms with E-state index < -0.39 is 81.6 Å². The van der Waals surface area contributed by atoms with Crippen molar-refractivity contribution in [3.8, 4) is 11.5 Å². The molecule has 4 saturated carbocycles. The van der Waals surface area contributed by atoms with Gasteiger partial charge >= 0.3 is 5.97 Å². The molecule has 0 unspecified atom stereocenters. The van der Waals surface area contributed by atoms with Gasteiger partial charge in [-0.05, 0) is 84.6 Å². The minimum Gasteiger partial charge on any atom is -0.493 e. The lowest BCUT2D eigenvalue weighted by atomic mass is 9.35. The van der Waals surface area contributed by atoms with Crippen LogP contribution in [0.15, 0.2) is 78.9 Å². The van der Waals surface area contributed by atoms with E-state index in [1.54, 1.807) is 6.07 Å². The summed E-state index contributed by atoms with van der Waals surface area (Å²) in [5.41, 5.74) is -2.77. The van der Waals surface area contributed by atoms with Gasteiger partial charge in [0, 0.05) is 22.8 Å². The number of rotatable bonds is 8. The van der Waals surface area contributed by atoms with Gasteiger partial charge in [0.2, 0.25) is 5.79 Å². The Balaban J connectivity index is 1.07. The van der Waals surface area contributed by atoms with Gasteiger partial charge in [-0.2, -0.15) is 0 Å². The Bertz CT molecular complexity index is 2050. The first-order valence-corrected chi connectivity index (χ1v) is 18.3. The SMILES string of the molecule is C=C1C(=O)[C@]23[C@H](OC(=O)c4ccc(F)c(NC(=O)c5ccc(OC)c(OCc6ccccc6)c5)c4)[C@H]1CC[C@H]2[C@@]12CO[C@]3(O)[C@@H](O)[C@@H]1C(C)(C)CC[C@@H]2O. The second-order valence-corrected chi connectivity index (χ2v) is 16.1. The van der Waals surface area contributed by atoms with Crippen molar-refractivity contribution in [2.75, 3.05) is 19.0 Å². The molecule has 2 aliphatic heterocycles. The van der Waals surface area contributed by atoms with E-state index in [2.05, 4.69) is 11.9 Å². The molecular formula is C42H44FNO10. The first kappa shape index (κ1) is 36.4. The Morgan fingerprint density at radius 2 is 1.74 bits per heavy atom. The molecule has 2 heterocycles. The number of fused-ring (bicyclic) bond motifs is 2. The number of Topliss-reactive ketones (excluding diaryl/α,β-unsaturated/α-hetero) is 1. The van der Waals surface area contributed by atoms with Crippen LogP contribution in [-0.4, -0.2) is 70.8 Å². The van der Waals surface area contributed by atoms with Crippen molar-refractivity contribution in [2.24, 2.45) is 34.0 Å². The number of nitrogens with one attached hydrogen (secondary N) is 1. The number of benzene rings is 3. The number of ether oxygens (including phenoxy) is 4. The molecular weight excluding hydrogens is 697 g/mol. The molecule has 0 radical (unpaired) electrons. The molecule has 3 aromatic rings. The summed E-state index contributed by atoms with van der Waals surface area (Å²) in [5.74, 6) is -6.72. The van der Waals surface area contributed by atoms with E-state index in [4.69, 9.17) is 18.9 Å². The van der Waals surface area contributed by atoms with Crippen LogP contribution < -0.4 is 14.8 Å². The zero-order valence-corrected chi connectivity index (χ0v) is 30.3. The van der Waals surface area contributed by atoms with Gasteiger partial charge in [-0.25, -0.2) is 9.18 Å². The van der Waals surface area contributed by atoms with Crippen LogP contribution in [0.4, 0.5) is 10.1 Å². The number of carbonyl (C=O) groups is 3. The van der Waals surface area contributed by atoms with E-state index in [9.17, 15) is 29.7 Å². The smallest absolute Gasteiger partial charge is 0.338 e. The van der Waals surface area contributed by atoms with Crippen LogP contribution in [0.3, 0.4) is 0 Å². The van der Waals surface area contributed by atoms with Crippen LogP contribution in [-0.2, 0) is 20.9 Å². The average Bonchev–Trinajstić information content (AvgIpc) is 3.27. The number of ketones is 1. The molecule has 0 aromatic heterocycles. The molecule has 11 nitrogen and oxygen atoms in total. The van der Waals surface area contributed by atoms with Crippen molar-refractivity contribution in [2.45, 2.75) is 70.2 Å². The monoisotopic (exact) mass is 741 g/mol. The highest BCUT2D eigenvalue weighted by Gasteiger charge is 2.87. The summed E-state index contributed by atoms with van der Waals surface area (Å²) in [7, 11) is 1.47. The predicted molar refractivity (Wildman–Crippen MR) is 192 cm³/mol. The maximum absolute atomic E-state index is 15.2. The van der Waals surface area contributed by atoms with E-state index in [1.807, 2.05) is 44.2 Å². The van der Waals surface area contributed by atoms with E-state index in [-0.39, 0.29) is 35.6 Å². The number of methoxy groups -OCH3 is 1. The second-order valence-electron chi connectivity index (χ2n) is 16.1. The average molecular weight is 742 g/mol. The summed E-state index contributed by atoms with van der Waals surface area (Å²) in [6.07, 6.45) is -1.98. The molecule has 1 amide bonds. The standard InChI is InChI=1S/C42H44FNO10/c1-22-26-12-15-31-40-21-53-42(50,35(47)33(40)39(2,3)17-16-32(40)45)41(31,34(22)46)36(26)54-38(49)25-10-13-27(43)28(18-25)44-37(48)24-11-14-29(51-4)30(19-24)52-20-23-8-6-5-7-9-23/h5-11,13-14,18-19,26,31-33,35-36,45,47,50H,1,12,15-17,20-21H2,2-4H3,(H,44,48)/t26-,31-,32-,33+,35-,36+,40+,41-,42+/m0/s1. The first-order valence-electron chi connectivity index (χ1n) is 18.3. The van der Waals surface area contributed by atoms with Crippen molar-refractivity contribution in [1.29, 1.82) is 0 Å². The van der Waals surface area contributed by atoms with Crippen molar-refractivity contribution < 1.29 is 53.0 Å². The molecule has 284 valence electrons. The minimum atomic E-state index is -2.43. The third kappa shape index (κ3) is 4.96. The quantitative estimate of drug-likeness (QED) is 0.178. The number of hydrogen-bond acceptors (Lipinski definition) is 10. The highest BCUT2D eigenvalue weighted by Crippen LogP contribution is 2.76. The number of anilines is 1. The number of esters is 1. The summed E-state index contributed by atoms with van der Waals surface area (Å²) in [4.78, 5) is 41.9. The van der Waals surface area contributed by atoms with Crippen molar-refractivity contribution in [3.63, 3.8) is 0 Å². The van der Waals surface area contributed by atoms with Gasteiger partial charge in [-0.15, -0.1) is 0 Å². The zero-order chi connectivity index (χ0) is 38.4. The normalized spacial score (nSPS) is 34.4. The lowest BCUT2D eigenvalue weighted by Gasteiger charge is -2.74. The predicted octanol–water partition coefficient (Wildman–Crippen LogP) is 5.22. The third-order valence-corrected chi connectivity index (χ3v) is 13.2. The van der Waals surface area contributed by atoms with Gasteiger partial charge in [0.05, 0.1) is 31.1 Å². The van der Waals surface area contributed by atoms with Crippen LogP contribution >= 0.6 is 0 Å². The number of aliphatic hydroxyl groups is 3. The molecule has 6 aliphatic rings. The van der Waals surface area contributed by atoms with Crippen molar-refractivity contribution in [1.82, 2.24) is 0 Å². The molecule has 2 saturated heterocycles. The molecule has 9 atom stereocenters. The van der Waals surface area contributed by atoms with E-state index >= 15 is 4.39 Å². The molecule has 4 N–H and O–H groups in total. The Morgan fingerprint density at radius 1 is 1.00 bits per heavy atom. The summed E-state index contributed by atoms with van der Waals surface area (Å²) in [6, 6.07) is 17.3. The largest absolute Gasteiger partial charge is 0.493 e. The van der Waals surface area contributed by atoms with Gasteiger partial charge in [0.25, 0.3) is 5.91 Å². The fourth-order valence-corrected chi connectivity index (χ4v) is 10.8. The number of carbonyl (C=O) groups excluding carboxylic acids is 3. The van der Waals surface area contributed by atoms with Crippen LogP contribution in [0, 0.1) is 39.8 Å². The van der Waals surface area contributed by atoms with E-state index in [0.717, 1.165) is 17.7 Å². The van der Waals surface area contributed by atoms with Gasteiger partial charge < -0.3 is 39.6 Å². The molecule has 4 aliphatic carbocycles. The Labute approximate surface area is 312 Å². The van der Waals surface area contributed by atoms with Gasteiger partial charge in [0.1, 0.15) is 30.0 Å². The fraction of sp³-hybridized carbons (Fsp3) is 0.452. The number of aliphatic hydroxyl groups excluding tert-OH is 2. The topological polar surface area (TPSA) is 161 Å². The summed E-state index contributed by atoms with van der Waals surface area (Å²) in [6.45, 7) is 8.17. The number of amides is 1. The maximum atomic E-state index is 15.2. The second kappa shape index (κ2) is 12.7. The lowest BCUT2D eigenvalue weighted by molar-refractivity contribution is -0.457. The molecule has 2 spiro atoms. The Hall–Kier alpha value is -4.62. The maximum Gasteiger partial charge on any atom is 0.338 e. The fourth-order valence-electron chi connectivity index (χ4n) is 10.8. The van der Waals surface area contributed by atoms with Gasteiger partial charge in [-0.3, -0.25) is 9.59 Å². The zero-order valence-electron chi connectivity index (χ0n) is 30.3. The minimum absolute atomic E-state index is 0.0663. The Morgan fingerprint density at radius 3 is 2.48 bits per heavy atom. The molecule has 12 heteroatoms. The summed E-state index contributed by atoms with van der Waals surface area (Å²) < 4.78 is 38.8. The molecule has 9 rings (SSSR count). The highest BCUT2D eigenvalue weighted by atomic mass is 19.1. The van der Waals surface area contributed by atoms with Crippen molar-refractivity contribution >= 4 is 23.3 Å². The lowest BCUT2D eigenvalue weighted by Crippen LogP contribution is -2.85. The Kier molecular flexibility index (Phi) is 8.57. The molecule has 6 fully saturated rings.